The smallest absolute Gasteiger partial charge is 0.274 e. The topological polar surface area (TPSA) is 109 Å². The SMILES string of the molecule is C[C@]1(C(=O)NCc2ccccc2Cl)Cn2cnc(C(=O)NCCc3ccco3)c2C(=O)N1C1CC1. The zero-order valence-corrected chi connectivity index (χ0v) is 20.0. The van der Waals surface area contributed by atoms with Crippen molar-refractivity contribution in [2.75, 3.05) is 6.54 Å². The Kier molecular flexibility index (Phi) is 6.10. The summed E-state index contributed by atoms with van der Waals surface area (Å²) in [6.45, 7) is 2.56. The number of carbonyl (C=O) groups excluding carboxylic acids is 3. The van der Waals surface area contributed by atoms with Crippen LogP contribution in [0.5, 0.6) is 0 Å². The number of rotatable bonds is 8. The van der Waals surface area contributed by atoms with E-state index in [4.69, 9.17) is 16.0 Å². The van der Waals surface area contributed by atoms with Crippen LogP contribution in [0, 0.1) is 0 Å². The predicted octanol–water partition coefficient (Wildman–Crippen LogP) is 2.80. The largest absolute Gasteiger partial charge is 0.469 e. The van der Waals surface area contributed by atoms with Crippen LogP contribution in [0.1, 0.15) is 52.1 Å². The van der Waals surface area contributed by atoms with Crippen LogP contribution in [0.2, 0.25) is 5.02 Å². The molecule has 0 spiro atoms. The number of amides is 3. The van der Waals surface area contributed by atoms with Gasteiger partial charge in [0.1, 0.15) is 17.0 Å². The van der Waals surface area contributed by atoms with E-state index in [1.54, 1.807) is 34.8 Å². The van der Waals surface area contributed by atoms with Gasteiger partial charge in [-0.25, -0.2) is 4.98 Å². The Morgan fingerprint density at radius 1 is 1.20 bits per heavy atom. The van der Waals surface area contributed by atoms with Gasteiger partial charge >= 0.3 is 0 Å². The number of hydrogen-bond acceptors (Lipinski definition) is 5. The third-order valence-corrected chi connectivity index (χ3v) is 6.89. The average molecular weight is 496 g/mol. The van der Waals surface area contributed by atoms with E-state index >= 15 is 0 Å². The second-order valence-electron chi connectivity index (χ2n) is 9.11. The lowest BCUT2D eigenvalue weighted by atomic mass is 9.93. The standard InChI is InChI=1S/C25H26ClN5O4/c1-25(24(34)28-13-16-5-2-3-7-19(16)26)14-30-15-29-20(21(30)23(33)31(25)17-8-9-17)22(32)27-11-10-18-6-4-12-35-18/h2-7,12,15,17H,8-11,13-14H2,1H3,(H,27,32)(H,28,34)/t25-/m1/s1. The lowest BCUT2D eigenvalue weighted by Gasteiger charge is -2.44. The molecule has 1 saturated carbocycles. The number of halogens is 1. The fraction of sp³-hybridized carbons (Fsp3) is 0.360. The summed E-state index contributed by atoms with van der Waals surface area (Å²) in [5.74, 6) is -0.308. The van der Waals surface area contributed by atoms with Crippen molar-refractivity contribution in [3.63, 3.8) is 0 Å². The summed E-state index contributed by atoms with van der Waals surface area (Å²) in [7, 11) is 0. The highest BCUT2D eigenvalue weighted by Gasteiger charge is 2.53. The molecule has 2 aliphatic rings. The van der Waals surface area contributed by atoms with Crippen LogP contribution < -0.4 is 10.6 Å². The second kappa shape index (κ2) is 9.22. The van der Waals surface area contributed by atoms with Gasteiger partial charge in [-0.15, -0.1) is 0 Å². The molecule has 10 heteroatoms. The first-order chi connectivity index (χ1) is 16.9. The maximum atomic E-state index is 13.7. The van der Waals surface area contributed by atoms with Gasteiger partial charge in [0.05, 0.1) is 19.1 Å². The molecule has 0 saturated heterocycles. The third kappa shape index (κ3) is 4.43. The number of carbonyl (C=O) groups is 3. The van der Waals surface area contributed by atoms with Gasteiger partial charge in [0, 0.05) is 30.6 Å². The van der Waals surface area contributed by atoms with Gasteiger partial charge in [0.25, 0.3) is 11.8 Å². The quantitative estimate of drug-likeness (QED) is 0.499. The molecule has 1 aliphatic carbocycles. The molecule has 3 heterocycles. The molecule has 1 aliphatic heterocycles. The van der Waals surface area contributed by atoms with Crippen LogP contribution >= 0.6 is 11.6 Å². The summed E-state index contributed by atoms with van der Waals surface area (Å²) < 4.78 is 6.89. The zero-order valence-electron chi connectivity index (χ0n) is 19.3. The van der Waals surface area contributed by atoms with Gasteiger partial charge in [-0.3, -0.25) is 14.4 Å². The van der Waals surface area contributed by atoms with Gasteiger partial charge in [-0.2, -0.15) is 0 Å². The van der Waals surface area contributed by atoms with Gasteiger partial charge < -0.3 is 24.5 Å². The van der Waals surface area contributed by atoms with Crippen LogP contribution in [0.3, 0.4) is 0 Å². The van der Waals surface area contributed by atoms with Crippen LogP contribution in [-0.2, 0) is 24.3 Å². The van der Waals surface area contributed by atoms with Crippen molar-refractivity contribution >= 4 is 29.3 Å². The number of nitrogens with one attached hydrogen (secondary N) is 2. The molecule has 2 aromatic heterocycles. The average Bonchev–Trinajstić information content (AvgIpc) is 3.35. The molecular weight excluding hydrogens is 470 g/mol. The highest BCUT2D eigenvalue weighted by atomic mass is 35.5. The summed E-state index contributed by atoms with van der Waals surface area (Å²) in [4.78, 5) is 45.8. The fourth-order valence-electron chi connectivity index (χ4n) is 4.57. The van der Waals surface area contributed by atoms with Crippen molar-refractivity contribution < 1.29 is 18.8 Å². The Morgan fingerprint density at radius 3 is 2.71 bits per heavy atom. The Labute approximate surface area is 207 Å². The molecule has 2 N–H and O–H groups in total. The van der Waals surface area contributed by atoms with Gasteiger partial charge in [-0.05, 0) is 43.5 Å². The Morgan fingerprint density at radius 2 is 2.00 bits per heavy atom. The van der Waals surface area contributed by atoms with Crippen LogP contribution in [0.25, 0.3) is 0 Å². The minimum atomic E-state index is -1.12. The molecule has 0 unspecified atom stereocenters. The summed E-state index contributed by atoms with van der Waals surface area (Å²) >= 11 is 6.23. The number of imidazole rings is 1. The molecule has 1 atom stereocenters. The van der Waals surface area contributed by atoms with Crippen molar-refractivity contribution in [1.29, 1.82) is 0 Å². The van der Waals surface area contributed by atoms with E-state index in [-0.39, 0.29) is 42.3 Å². The molecule has 0 bridgehead atoms. The molecule has 1 fully saturated rings. The van der Waals surface area contributed by atoms with E-state index in [1.807, 2.05) is 24.3 Å². The third-order valence-electron chi connectivity index (χ3n) is 6.52. The Bertz CT molecular complexity index is 1270. The van der Waals surface area contributed by atoms with E-state index in [1.165, 1.54) is 6.33 Å². The molecule has 9 nitrogen and oxygen atoms in total. The lowest BCUT2D eigenvalue weighted by molar-refractivity contribution is -0.133. The van der Waals surface area contributed by atoms with Crippen LogP contribution in [0.4, 0.5) is 0 Å². The molecular formula is C25H26ClN5O4. The van der Waals surface area contributed by atoms with E-state index in [0.29, 0.717) is 18.0 Å². The normalized spacial score (nSPS) is 19.4. The van der Waals surface area contributed by atoms with Crippen molar-refractivity contribution in [3.05, 3.63) is 76.7 Å². The number of benzene rings is 1. The molecule has 182 valence electrons. The van der Waals surface area contributed by atoms with E-state index in [9.17, 15) is 14.4 Å². The van der Waals surface area contributed by atoms with Crippen LogP contribution in [-0.4, -0.2) is 50.3 Å². The molecule has 35 heavy (non-hydrogen) atoms. The number of furan rings is 1. The second-order valence-corrected chi connectivity index (χ2v) is 9.52. The molecule has 1 aromatic carbocycles. The molecule has 3 amide bonds. The van der Waals surface area contributed by atoms with Gasteiger partial charge in [0.15, 0.2) is 5.69 Å². The minimum absolute atomic E-state index is 0.0444. The highest BCUT2D eigenvalue weighted by molar-refractivity contribution is 6.31. The van der Waals surface area contributed by atoms with Crippen molar-refractivity contribution in [3.8, 4) is 0 Å². The molecule has 5 rings (SSSR count). The monoisotopic (exact) mass is 495 g/mol. The van der Waals surface area contributed by atoms with Gasteiger partial charge in [-0.1, -0.05) is 29.8 Å². The van der Waals surface area contributed by atoms with Gasteiger partial charge in [0.2, 0.25) is 5.91 Å². The summed E-state index contributed by atoms with van der Waals surface area (Å²) in [6, 6.07) is 10.9. The van der Waals surface area contributed by atoms with Crippen molar-refractivity contribution in [1.82, 2.24) is 25.1 Å². The minimum Gasteiger partial charge on any atom is -0.469 e. The highest BCUT2D eigenvalue weighted by Crippen LogP contribution is 2.39. The Balaban J connectivity index is 1.34. The summed E-state index contributed by atoms with van der Waals surface area (Å²) in [6.07, 6.45) is 5.20. The van der Waals surface area contributed by atoms with Crippen LogP contribution in [0.15, 0.2) is 53.4 Å². The fourth-order valence-corrected chi connectivity index (χ4v) is 4.77. The number of nitrogens with zero attached hydrogens (tertiary/aromatic N) is 3. The summed E-state index contributed by atoms with van der Waals surface area (Å²) in [5, 5.41) is 6.32. The van der Waals surface area contributed by atoms with E-state index in [2.05, 4.69) is 15.6 Å². The lowest BCUT2D eigenvalue weighted by Crippen LogP contribution is -2.64. The summed E-state index contributed by atoms with van der Waals surface area (Å²) in [5.41, 5.74) is -0.0503. The number of fused-ring (bicyclic) bond motifs is 1. The molecule has 3 aromatic rings. The van der Waals surface area contributed by atoms with Crippen molar-refractivity contribution in [2.45, 2.75) is 50.9 Å². The first-order valence-corrected chi connectivity index (χ1v) is 12.0. The van der Waals surface area contributed by atoms with E-state index < -0.39 is 11.4 Å². The first kappa shape index (κ1) is 23.2. The maximum Gasteiger partial charge on any atom is 0.274 e. The number of aromatic nitrogens is 2. The molecule has 0 radical (unpaired) electrons. The zero-order chi connectivity index (χ0) is 24.6. The predicted molar refractivity (Wildman–Crippen MR) is 128 cm³/mol. The van der Waals surface area contributed by atoms with Crippen molar-refractivity contribution in [2.24, 2.45) is 0 Å². The first-order valence-electron chi connectivity index (χ1n) is 11.6. The van der Waals surface area contributed by atoms with E-state index in [0.717, 1.165) is 24.2 Å². The number of hydrogen-bond donors (Lipinski definition) is 2. The maximum absolute atomic E-state index is 13.7. The Hall–Kier alpha value is -3.59.